The fraction of sp³-hybridized carbons (Fsp3) is 0.833. The van der Waals surface area contributed by atoms with Crippen LogP contribution in [0.3, 0.4) is 0 Å². The van der Waals surface area contributed by atoms with Gasteiger partial charge in [-0.3, -0.25) is 3.64 Å². The van der Waals surface area contributed by atoms with Crippen LogP contribution in [0.5, 0.6) is 0 Å². The zero-order valence-electron chi connectivity index (χ0n) is 11.8. The molecule has 0 saturated carbocycles. The number of hydrogen-bond donors (Lipinski definition) is 0. The number of nitrogens with zero attached hydrogens (tertiary/aromatic N) is 1. The highest BCUT2D eigenvalue weighted by Crippen LogP contribution is 2.37. The van der Waals surface area contributed by atoms with Gasteiger partial charge in [0.25, 0.3) is 0 Å². The molecule has 1 nitrogen and oxygen atoms in total. The second-order valence-electron chi connectivity index (χ2n) is 6.64. The average Bonchev–Trinajstić information content (AvgIpc) is 2.12. The highest BCUT2D eigenvalue weighted by atomic mass is 32.2. The molecule has 0 spiro atoms. The van der Waals surface area contributed by atoms with Gasteiger partial charge in [0.2, 0.25) is 0 Å². The minimum absolute atomic E-state index is 1.19. The third-order valence-electron chi connectivity index (χ3n) is 2.68. The Bertz CT molecular complexity index is 249. The van der Waals surface area contributed by atoms with Gasteiger partial charge in [0.05, 0.1) is 0 Å². The van der Waals surface area contributed by atoms with Crippen molar-refractivity contribution in [2.75, 3.05) is 0 Å². The van der Waals surface area contributed by atoms with Crippen molar-refractivity contribution in [3.8, 4) is 0 Å². The van der Waals surface area contributed by atoms with E-state index in [1.54, 1.807) is 4.91 Å². The van der Waals surface area contributed by atoms with Crippen LogP contribution in [0.4, 0.5) is 0 Å². The highest BCUT2D eigenvalue weighted by Gasteiger charge is 2.35. The third-order valence-corrected chi connectivity index (χ3v) is 13.8. The first-order valence-corrected chi connectivity index (χ1v) is 14.1. The molecule has 0 N–H and O–H groups in total. The SMILES string of the molecule is C[Si](C)(C)N(SC1=CCCCC1)[Si](C)(C)C. The van der Waals surface area contributed by atoms with E-state index in [0.29, 0.717) is 0 Å². The summed E-state index contributed by atoms with van der Waals surface area (Å²) in [5, 5.41) is 0. The van der Waals surface area contributed by atoms with Crippen LogP contribution in [-0.4, -0.2) is 20.1 Å². The van der Waals surface area contributed by atoms with Gasteiger partial charge in [0, 0.05) is 0 Å². The molecule has 0 aromatic heterocycles. The molecule has 0 heterocycles. The molecule has 16 heavy (non-hydrogen) atoms. The molecule has 1 aliphatic rings. The maximum Gasteiger partial charge on any atom is 0.123 e. The van der Waals surface area contributed by atoms with E-state index in [9.17, 15) is 0 Å². The van der Waals surface area contributed by atoms with E-state index in [1.807, 2.05) is 0 Å². The lowest BCUT2D eigenvalue weighted by molar-refractivity contribution is 0.721. The zero-order valence-corrected chi connectivity index (χ0v) is 14.6. The summed E-state index contributed by atoms with van der Waals surface area (Å²) in [6.45, 7) is 14.8. The summed E-state index contributed by atoms with van der Waals surface area (Å²) in [6.07, 6.45) is 7.87. The van der Waals surface area contributed by atoms with Crippen LogP contribution in [0.15, 0.2) is 11.0 Å². The summed E-state index contributed by atoms with van der Waals surface area (Å²) in [7, 11) is -2.38. The van der Waals surface area contributed by atoms with Gasteiger partial charge in [-0.25, -0.2) is 0 Å². The molecule has 0 radical (unpaired) electrons. The van der Waals surface area contributed by atoms with E-state index in [2.05, 4.69) is 60.9 Å². The molecule has 0 atom stereocenters. The van der Waals surface area contributed by atoms with Crippen molar-refractivity contribution < 1.29 is 0 Å². The van der Waals surface area contributed by atoms with Crippen molar-refractivity contribution >= 4 is 28.4 Å². The summed E-state index contributed by atoms with van der Waals surface area (Å²) < 4.78 is 2.82. The van der Waals surface area contributed by atoms with Crippen LogP contribution < -0.4 is 0 Å². The van der Waals surface area contributed by atoms with E-state index in [-0.39, 0.29) is 0 Å². The lowest BCUT2D eigenvalue weighted by atomic mass is 10.1. The maximum atomic E-state index is 2.82. The largest absolute Gasteiger partial charge is 0.289 e. The normalized spacial score (nSPS) is 18.8. The monoisotopic (exact) mass is 273 g/mol. The second-order valence-corrected chi connectivity index (χ2v) is 18.4. The van der Waals surface area contributed by atoms with Crippen LogP contribution in [-0.2, 0) is 0 Å². The minimum Gasteiger partial charge on any atom is -0.289 e. The van der Waals surface area contributed by atoms with E-state index >= 15 is 0 Å². The summed E-state index contributed by atoms with van der Waals surface area (Å²) in [4.78, 5) is 1.64. The van der Waals surface area contributed by atoms with Gasteiger partial charge >= 0.3 is 0 Å². The van der Waals surface area contributed by atoms with Gasteiger partial charge in [-0.1, -0.05) is 57.3 Å². The first-order valence-electron chi connectivity index (χ1n) is 6.38. The lowest BCUT2D eigenvalue weighted by Gasteiger charge is -2.42. The predicted octanol–water partition coefficient (Wildman–Crippen LogP) is 5.06. The van der Waals surface area contributed by atoms with Crippen molar-refractivity contribution in [1.82, 2.24) is 3.64 Å². The molecule has 0 bridgehead atoms. The number of hydrogen-bond acceptors (Lipinski definition) is 2. The smallest absolute Gasteiger partial charge is 0.123 e. The van der Waals surface area contributed by atoms with Gasteiger partial charge in [-0.2, -0.15) is 0 Å². The summed E-state index contributed by atoms with van der Waals surface area (Å²) in [5.74, 6) is 0. The minimum atomic E-state index is -1.19. The maximum absolute atomic E-state index is 2.82. The van der Waals surface area contributed by atoms with Crippen molar-refractivity contribution in [3.63, 3.8) is 0 Å². The van der Waals surface area contributed by atoms with Crippen molar-refractivity contribution in [2.45, 2.75) is 65.0 Å². The van der Waals surface area contributed by atoms with Crippen LogP contribution in [0.1, 0.15) is 25.7 Å². The molecule has 0 unspecified atom stereocenters. The Morgan fingerprint density at radius 1 is 1.00 bits per heavy atom. The molecule has 0 fully saturated rings. The molecule has 1 rings (SSSR count). The highest BCUT2D eigenvalue weighted by molar-refractivity contribution is 8.03. The summed E-state index contributed by atoms with van der Waals surface area (Å²) >= 11 is 2.10. The molecule has 94 valence electrons. The molecule has 0 saturated heterocycles. The number of allylic oxidation sites excluding steroid dienone is 2. The molecule has 0 aromatic rings. The van der Waals surface area contributed by atoms with E-state index < -0.39 is 16.5 Å². The van der Waals surface area contributed by atoms with E-state index in [1.165, 1.54) is 25.7 Å². The Balaban J connectivity index is 2.75. The van der Waals surface area contributed by atoms with Crippen LogP contribution in [0.2, 0.25) is 39.3 Å². The van der Waals surface area contributed by atoms with Crippen molar-refractivity contribution in [3.05, 3.63) is 11.0 Å². The Kier molecular flexibility index (Phi) is 4.93. The van der Waals surface area contributed by atoms with Crippen molar-refractivity contribution in [2.24, 2.45) is 0 Å². The molecular weight excluding hydrogens is 246 g/mol. The summed E-state index contributed by atoms with van der Waals surface area (Å²) in [6, 6.07) is 0. The second kappa shape index (κ2) is 5.42. The molecule has 0 amide bonds. The Morgan fingerprint density at radius 3 is 1.94 bits per heavy atom. The summed E-state index contributed by atoms with van der Waals surface area (Å²) in [5.41, 5.74) is 0. The van der Waals surface area contributed by atoms with Crippen LogP contribution >= 0.6 is 11.9 Å². The van der Waals surface area contributed by atoms with Gasteiger partial charge in [0.15, 0.2) is 0 Å². The third kappa shape index (κ3) is 4.39. The topological polar surface area (TPSA) is 3.24 Å². The Labute approximate surface area is 108 Å². The Morgan fingerprint density at radius 2 is 1.56 bits per heavy atom. The van der Waals surface area contributed by atoms with Crippen LogP contribution in [0, 0.1) is 0 Å². The number of rotatable bonds is 4. The quantitative estimate of drug-likeness (QED) is 0.520. The van der Waals surface area contributed by atoms with Crippen molar-refractivity contribution in [1.29, 1.82) is 0 Å². The molecule has 4 heteroatoms. The Hall–Kier alpha value is 0.484. The van der Waals surface area contributed by atoms with Gasteiger partial charge < -0.3 is 0 Å². The molecule has 1 aliphatic carbocycles. The van der Waals surface area contributed by atoms with E-state index in [4.69, 9.17) is 0 Å². The zero-order chi connectivity index (χ0) is 12.4. The van der Waals surface area contributed by atoms with E-state index in [0.717, 1.165) is 0 Å². The van der Waals surface area contributed by atoms with Crippen LogP contribution in [0.25, 0.3) is 0 Å². The standard InChI is InChI=1S/C12H27NSSi2/c1-15(2,3)13(16(4,5)6)14-12-10-8-7-9-11-12/h10H,7-9,11H2,1-6H3. The fourth-order valence-electron chi connectivity index (χ4n) is 2.29. The van der Waals surface area contributed by atoms with Gasteiger partial charge in [0.1, 0.15) is 16.5 Å². The lowest BCUT2D eigenvalue weighted by Crippen LogP contribution is -2.54. The molecule has 0 aliphatic heterocycles. The first kappa shape index (κ1) is 14.5. The predicted molar refractivity (Wildman–Crippen MR) is 82.7 cm³/mol. The van der Waals surface area contributed by atoms with Gasteiger partial charge in [-0.05, 0) is 30.6 Å². The molecular formula is C12H27NSSi2. The first-order chi connectivity index (χ1) is 7.21. The average molecular weight is 274 g/mol. The van der Waals surface area contributed by atoms with Gasteiger partial charge in [-0.15, -0.1) is 0 Å². The molecule has 0 aromatic carbocycles. The fourth-order valence-corrected chi connectivity index (χ4v) is 13.9.